The number of esters is 1. The smallest absolute Gasteiger partial charge is 0.384 e. The van der Waals surface area contributed by atoms with E-state index in [0.717, 1.165) is 5.56 Å². The average Bonchev–Trinajstić information content (AvgIpc) is 2.35. The zero-order chi connectivity index (χ0) is 12.8. The van der Waals surface area contributed by atoms with Crippen molar-refractivity contribution in [2.45, 2.75) is 6.92 Å². The van der Waals surface area contributed by atoms with Gasteiger partial charge in [0.25, 0.3) is 0 Å². The maximum Gasteiger partial charge on any atom is 0.384 e. The number of hydrogen-bond acceptors (Lipinski definition) is 4. The fourth-order valence-electron chi connectivity index (χ4n) is 1.33. The Morgan fingerprint density at radius 3 is 2.41 bits per heavy atom. The molecule has 1 aromatic carbocycles. The van der Waals surface area contributed by atoms with Gasteiger partial charge in [0.2, 0.25) is 0 Å². The Balaban J connectivity index is 3.21. The number of methoxy groups -OCH3 is 3. The first kappa shape index (κ1) is 12.9. The summed E-state index contributed by atoms with van der Waals surface area (Å²) in [6, 6.07) is 3.54. The van der Waals surface area contributed by atoms with Gasteiger partial charge in [-0.3, -0.25) is 0 Å². The topological polar surface area (TPSA) is 44.8 Å². The number of benzene rings is 1. The normalized spacial score (nSPS) is 8.94. The fraction of sp³-hybridized carbons (Fsp3) is 0.308. The summed E-state index contributed by atoms with van der Waals surface area (Å²) in [6.07, 6.45) is 0. The van der Waals surface area contributed by atoms with Crippen LogP contribution in [0.5, 0.6) is 11.5 Å². The molecule has 0 unspecified atom stereocenters. The van der Waals surface area contributed by atoms with Crippen molar-refractivity contribution in [1.82, 2.24) is 0 Å². The van der Waals surface area contributed by atoms with Crippen LogP contribution in [0.15, 0.2) is 12.1 Å². The van der Waals surface area contributed by atoms with Gasteiger partial charge in [-0.1, -0.05) is 5.92 Å². The minimum atomic E-state index is -0.581. The highest BCUT2D eigenvalue weighted by molar-refractivity contribution is 5.89. The fourth-order valence-corrected chi connectivity index (χ4v) is 1.33. The molecule has 0 aliphatic carbocycles. The summed E-state index contributed by atoms with van der Waals surface area (Å²) < 4.78 is 14.8. The molecule has 0 radical (unpaired) electrons. The molecule has 0 aliphatic heterocycles. The van der Waals surface area contributed by atoms with Crippen LogP contribution in [-0.2, 0) is 9.53 Å². The van der Waals surface area contributed by atoms with Crippen LogP contribution < -0.4 is 9.47 Å². The second-order valence-corrected chi connectivity index (χ2v) is 3.26. The quantitative estimate of drug-likeness (QED) is 0.575. The van der Waals surface area contributed by atoms with E-state index in [1.165, 1.54) is 14.2 Å². The van der Waals surface area contributed by atoms with Crippen LogP contribution in [0.1, 0.15) is 11.1 Å². The van der Waals surface area contributed by atoms with Crippen molar-refractivity contribution in [3.8, 4) is 23.3 Å². The lowest BCUT2D eigenvalue weighted by Crippen LogP contribution is -1.97. The highest BCUT2D eigenvalue weighted by atomic mass is 16.5. The minimum absolute atomic E-state index is 0.568. The van der Waals surface area contributed by atoms with E-state index in [1.54, 1.807) is 13.2 Å². The summed E-state index contributed by atoms with van der Waals surface area (Å²) in [5.41, 5.74) is 1.52. The van der Waals surface area contributed by atoms with Crippen LogP contribution in [0.3, 0.4) is 0 Å². The van der Waals surface area contributed by atoms with E-state index < -0.39 is 5.97 Å². The molecular formula is C13H14O4. The maximum atomic E-state index is 11.0. The number of rotatable bonds is 2. The molecular weight excluding hydrogens is 220 g/mol. The number of carbonyl (C=O) groups excluding carboxylic acids is 1. The predicted octanol–water partition coefficient (Wildman–Crippen LogP) is 1.54. The summed E-state index contributed by atoms with van der Waals surface area (Å²) in [6.45, 7) is 1.87. The minimum Gasteiger partial charge on any atom is -0.497 e. The first-order valence-electron chi connectivity index (χ1n) is 4.95. The Labute approximate surface area is 100 Å². The third-order valence-corrected chi connectivity index (χ3v) is 2.20. The molecule has 0 heterocycles. The van der Waals surface area contributed by atoms with Crippen molar-refractivity contribution < 1.29 is 19.0 Å². The van der Waals surface area contributed by atoms with Crippen LogP contribution in [0.25, 0.3) is 0 Å². The van der Waals surface area contributed by atoms with Crippen molar-refractivity contribution in [1.29, 1.82) is 0 Å². The average molecular weight is 234 g/mol. The highest BCUT2D eigenvalue weighted by Crippen LogP contribution is 2.27. The molecule has 0 aromatic heterocycles. The molecule has 0 fully saturated rings. The van der Waals surface area contributed by atoms with Gasteiger partial charge in [0.15, 0.2) is 0 Å². The maximum absolute atomic E-state index is 11.0. The van der Waals surface area contributed by atoms with E-state index in [0.29, 0.717) is 17.1 Å². The Morgan fingerprint density at radius 2 is 1.88 bits per heavy atom. The molecule has 90 valence electrons. The van der Waals surface area contributed by atoms with Crippen LogP contribution in [0, 0.1) is 18.8 Å². The van der Waals surface area contributed by atoms with Gasteiger partial charge in [-0.15, -0.1) is 0 Å². The molecule has 4 nitrogen and oxygen atoms in total. The molecule has 0 amide bonds. The molecule has 0 spiro atoms. The molecule has 0 N–H and O–H groups in total. The van der Waals surface area contributed by atoms with E-state index in [-0.39, 0.29) is 0 Å². The van der Waals surface area contributed by atoms with Crippen LogP contribution in [0.2, 0.25) is 0 Å². The third kappa shape index (κ3) is 3.15. The van der Waals surface area contributed by atoms with E-state index in [1.807, 2.05) is 13.0 Å². The number of carbonyl (C=O) groups is 1. The second-order valence-electron chi connectivity index (χ2n) is 3.26. The van der Waals surface area contributed by atoms with Crippen LogP contribution in [-0.4, -0.2) is 27.3 Å². The zero-order valence-electron chi connectivity index (χ0n) is 10.3. The Morgan fingerprint density at radius 1 is 1.18 bits per heavy atom. The highest BCUT2D eigenvalue weighted by Gasteiger charge is 2.07. The van der Waals surface area contributed by atoms with Gasteiger partial charge in [0.1, 0.15) is 11.5 Å². The van der Waals surface area contributed by atoms with Crippen molar-refractivity contribution in [3.63, 3.8) is 0 Å². The molecule has 0 saturated carbocycles. The van der Waals surface area contributed by atoms with Gasteiger partial charge in [0.05, 0.1) is 26.9 Å². The van der Waals surface area contributed by atoms with Crippen molar-refractivity contribution in [2.24, 2.45) is 0 Å². The SMILES string of the molecule is COC(=O)C#Cc1c(C)cc(OC)cc1OC. The van der Waals surface area contributed by atoms with Crippen molar-refractivity contribution in [3.05, 3.63) is 23.3 Å². The number of aryl methyl sites for hydroxylation is 1. The number of hydrogen-bond donors (Lipinski definition) is 0. The molecule has 0 saturated heterocycles. The van der Waals surface area contributed by atoms with E-state index in [4.69, 9.17) is 9.47 Å². The summed E-state index contributed by atoms with van der Waals surface area (Å²) in [5.74, 6) is 5.77. The monoisotopic (exact) mass is 234 g/mol. The molecule has 0 bridgehead atoms. The van der Waals surface area contributed by atoms with Gasteiger partial charge < -0.3 is 14.2 Å². The van der Waals surface area contributed by atoms with E-state index in [9.17, 15) is 4.79 Å². The van der Waals surface area contributed by atoms with Gasteiger partial charge in [0, 0.05) is 12.0 Å². The Kier molecular flexibility index (Phi) is 4.41. The predicted molar refractivity (Wildman–Crippen MR) is 63.2 cm³/mol. The standard InChI is InChI=1S/C13H14O4/c1-9-7-10(15-2)8-12(16-3)11(9)5-6-13(14)17-4/h7-8H,1-4H3. The van der Waals surface area contributed by atoms with Crippen LogP contribution in [0.4, 0.5) is 0 Å². The second kappa shape index (κ2) is 5.80. The van der Waals surface area contributed by atoms with Crippen LogP contribution >= 0.6 is 0 Å². The van der Waals surface area contributed by atoms with Gasteiger partial charge in [-0.25, -0.2) is 4.79 Å². The lowest BCUT2D eigenvalue weighted by molar-refractivity contribution is -0.133. The number of ether oxygens (including phenoxy) is 3. The molecule has 1 aromatic rings. The van der Waals surface area contributed by atoms with Crippen molar-refractivity contribution >= 4 is 5.97 Å². The first-order valence-corrected chi connectivity index (χ1v) is 4.95. The molecule has 0 atom stereocenters. The molecule has 17 heavy (non-hydrogen) atoms. The van der Waals surface area contributed by atoms with Gasteiger partial charge in [-0.2, -0.15) is 0 Å². The Hall–Kier alpha value is -2.15. The lowest BCUT2D eigenvalue weighted by Gasteiger charge is -2.09. The van der Waals surface area contributed by atoms with E-state index >= 15 is 0 Å². The Bertz CT molecular complexity index is 480. The summed E-state index contributed by atoms with van der Waals surface area (Å²) in [5, 5.41) is 0. The molecule has 4 heteroatoms. The van der Waals surface area contributed by atoms with Crippen molar-refractivity contribution in [2.75, 3.05) is 21.3 Å². The lowest BCUT2D eigenvalue weighted by atomic mass is 10.1. The van der Waals surface area contributed by atoms with E-state index in [2.05, 4.69) is 16.6 Å². The summed E-state index contributed by atoms with van der Waals surface area (Å²) in [4.78, 5) is 11.0. The summed E-state index contributed by atoms with van der Waals surface area (Å²) in [7, 11) is 4.40. The largest absolute Gasteiger partial charge is 0.497 e. The zero-order valence-corrected chi connectivity index (χ0v) is 10.3. The third-order valence-electron chi connectivity index (χ3n) is 2.20. The summed E-state index contributed by atoms with van der Waals surface area (Å²) >= 11 is 0. The molecule has 0 aliphatic rings. The van der Waals surface area contributed by atoms with Gasteiger partial charge >= 0.3 is 5.97 Å². The van der Waals surface area contributed by atoms with Gasteiger partial charge in [-0.05, 0) is 18.6 Å². The molecule has 1 rings (SSSR count). The first-order chi connectivity index (χ1) is 8.12.